The van der Waals surface area contributed by atoms with E-state index in [2.05, 4.69) is 6.07 Å². The van der Waals surface area contributed by atoms with Gasteiger partial charge >= 0.3 is 0 Å². The first kappa shape index (κ1) is 12.9. The molecule has 0 heterocycles. The van der Waals surface area contributed by atoms with Gasteiger partial charge in [0.1, 0.15) is 5.75 Å². The molecule has 1 fully saturated rings. The highest BCUT2D eigenvalue weighted by Gasteiger charge is 2.39. The van der Waals surface area contributed by atoms with Crippen LogP contribution in [0, 0.1) is 6.92 Å². The summed E-state index contributed by atoms with van der Waals surface area (Å²) in [7, 11) is 1.66. The van der Waals surface area contributed by atoms with Crippen LogP contribution in [0.3, 0.4) is 0 Å². The Morgan fingerprint density at radius 2 is 1.94 bits per heavy atom. The molecular weight excluding hydrogens is 226 g/mol. The zero-order valence-electron chi connectivity index (χ0n) is 11.2. The van der Waals surface area contributed by atoms with E-state index in [4.69, 9.17) is 10.5 Å². The van der Waals surface area contributed by atoms with Crippen molar-refractivity contribution in [3.8, 4) is 5.75 Å². The first-order valence-electron chi connectivity index (χ1n) is 6.55. The van der Waals surface area contributed by atoms with E-state index in [1.54, 1.807) is 7.11 Å². The van der Waals surface area contributed by atoms with Crippen LogP contribution >= 0.6 is 0 Å². The molecule has 98 valence electrons. The van der Waals surface area contributed by atoms with Gasteiger partial charge in [-0.15, -0.1) is 0 Å². The molecule has 0 unspecified atom stereocenters. The van der Waals surface area contributed by atoms with Crippen molar-refractivity contribution in [1.82, 2.24) is 0 Å². The minimum Gasteiger partial charge on any atom is -0.496 e. The van der Waals surface area contributed by atoms with E-state index in [1.165, 1.54) is 6.42 Å². The number of carbonyl (C=O) groups excluding carboxylic acids is 1. The number of hydrogen-bond acceptors (Lipinski definition) is 2. The van der Waals surface area contributed by atoms with Crippen LogP contribution in [0.5, 0.6) is 5.75 Å². The number of benzene rings is 1. The average molecular weight is 247 g/mol. The van der Waals surface area contributed by atoms with Crippen LogP contribution < -0.4 is 10.5 Å². The van der Waals surface area contributed by atoms with Gasteiger partial charge in [0.25, 0.3) is 0 Å². The molecule has 0 aromatic heterocycles. The van der Waals surface area contributed by atoms with Gasteiger partial charge in [-0.3, -0.25) is 4.79 Å². The molecule has 1 aliphatic carbocycles. The zero-order chi connectivity index (χ0) is 13.2. The Bertz CT molecular complexity index is 448. The number of aryl methyl sites for hydroxylation is 1. The summed E-state index contributed by atoms with van der Waals surface area (Å²) in [6.45, 7) is 2.00. The van der Waals surface area contributed by atoms with Crippen LogP contribution in [0.1, 0.15) is 43.2 Å². The third-order valence-electron chi connectivity index (χ3n) is 4.13. The Morgan fingerprint density at radius 1 is 1.28 bits per heavy atom. The minimum atomic E-state index is -0.463. The second kappa shape index (κ2) is 5.01. The molecule has 1 amide bonds. The number of hydrogen-bond donors (Lipinski definition) is 1. The quantitative estimate of drug-likeness (QED) is 0.892. The Labute approximate surface area is 108 Å². The molecule has 0 atom stereocenters. The summed E-state index contributed by atoms with van der Waals surface area (Å²) in [6.07, 6.45) is 5.09. The zero-order valence-corrected chi connectivity index (χ0v) is 11.2. The topological polar surface area (TPSA) is 52.3 Å². The molecule has 0 saturated heterocycles. The highest BCUT2D eigenvalue weighted by Crippen LogP contribution is 2.40. The van der Waals surface area contributed by atoms with Gasteiger partial charge in [-0.2, -0.15) is 0 Å². The third kappa shape index (κ3) is 2.09. The van der Waals surface area contributed by atoms with Crippen molar-refractivity contribution < 1.29 is 9.53 Å². The number of primary amides is 1. The fraction of sp³-hybridized carbons (Fsp3) is 0.533. The van der Waals surface area contributed by atoms with Crippen molar-refractivity contribution in [3.05, 3.63) is 29.3 Å². The molecule has 1 aliphatic rings. The monoisotopic (exact) mass is 247 g/mol. The smallest absolute Gasteiger partial charge is 0.228 e. The maximum atomic E-state index is 11.9. The third-order valence-corrected chi connectivity index (χ3v) is 4.13. The van der Waals surface area contributed by atoms with E-state index in [0.29, 0.717) is 0 Å². The number of rotatable bonds is 3. The van der Waals surface area contributed by atoms with Gasteiger partial charge in [0.2, 0.25) is 5.91 Å². The SMILES string of the molecule is COc1ccc(C2(C(N)=O)CCCCC2)cc1C. The lowest BCUT2D eigenvalue weighted by Crippen LogP contribution is -2.42. The van der Waals surface area contributed by atoms with Gasteiger partial charge in [0, 0.05) is 0 Å². The van der Waals surface area contributed by atoms with Gasteiger partial charge in [-0.05, 0) is 37.0 Å². The highest BCUT2D eigenvalue weighted by atomic mass is 16.5. The molecule has 0 aliphatic heterocycles. The number of nitrogens with two attached hydrogens (primary N) is 1. The standard InChI is InChI=1S/C15H21NO2/c1-11-10-12(6-7-13(11)18-2)15(14(16)17)8-4-3-5-9-15/h6-7,10H,3-5,8-9H2,1-2H3,(H2,16,17). The molecule has 3 heteroatoms. The first-order valence-corrected chi connectivity index (χ1v) is 6.55. The fourth-order valence-electron chi connectivity index (χ4n) is 3.01. The van der Waals surface area contributed by atoms with E-state index >= 15 is 0 Å². The van der Waals surface area contributed by atoms with Crippen LogP contribution in [0.2, 0.25) is 0 Å². The molecule has 3 nitrogen and oxygen atoms in total. The van der Waals surface area contributed by atoms with Crippen LogP contribution in [0.15, 0.2) is 18.2 Å². The molecule has 0 spiro atoms. The summed E-state index contributed by atoms with van der Waals surface area (Å²) >= 11 is 0. The van der Waals surface area contributed by atoms with Gasteiger partial charge in [0.05, 0.1) is 12.5 Å². The van der Waals surface area contributed by atoms with Crippen molar-refractivity contribution in [2.45, 2.75) is 44.4 Å². The number of methoxy groups -OCH3 is 1. The molecule has 2 rings (SSSR count). The fourth-order valence-corrected chi connectivity index (χ4v) is 3.01. The Kier molecular flexibility index (Phi) is 3.60. The Balaban J connectivity index is 2.43. The Hall–Kier alpha value is -1.51. The van der Waals surface area contributed by atoms with Crippen LogP contribution in [-0.2, 0) is 10.2 Å². The summed E-state index contributed by atoms with van der Waals surface area (Å²) in [5.74, 6) is 0.668. The highest BCUT2D eigenvalue weighted by molar-refractivity contribution is 5.87. The van der Waals surface area contributed by atoms with Crippen molar-refractivity contribution in [2.75, 3.05) is 7.11 Å². The lowest BCUT2D eigenvalue weighted by molar-refractivity contribution is -0.124. The van der Waals surface area contributed by atoms with Crippen molar-refractivity contribution in [2.24, 2.45) is 5.73 Å². The van der Waals surface area contributed by atoms with Crippen molar-refractivity contribution >= 4 is 5.91 Å². The van der Waals surface area contributed by atoms with Gasteiger partial charge in [0.15, 0.2) is 0 Å². The predicted octanol–water partition coefficient (Wildman–Crippen LogP) is 2.69. The lowest BCUT2D eigenvalue weighted by Gasteiger charge is -2.35. The number of carbonyl (C=O) groups is 1. The second-order valence-electron chi connectivity index (χ2n) is 5.19. The molecular formula is C15H21NO2. The maximum absolute atomic E-state index is 11.9. The predicted molar refractivity (Wildman–Crippen MR) is 71.7 cm³/mol. The molecule has 0 bridgehead atoms. The van der Waals surface area contributed by atoms with E-state index < -0.39 is 5.41 Å². The molecule has 1 aromatic carbocycles. The maximum Gasteiger partial charge on any atom is 0.228 e. The van der Waals surface area contributed by atoms with Gasteiger partial charge in [-0.25, -0.2) is 0 Å². The summed E-state index contributed by atoms with van der Waals surface area (Å²) in [5, 5.41) is 0. The summed E-state index contributed by atoms with van der Waals surface area (Å²) in [4.78, 5) is 11.9. The summed E-state index contributed by atoms with van der Waals surface area (Å²) in [6, 6.07) is 5.97. The number of amides is 1. The van der Waals surface area contributed by atoms with E-state index in [9.17, 15) is 4.79 Å². The number of ether oxygens (including phenoxy) is 1. The summed E-state index contributed by atoms with van der Waals surface area (Å²) in [5.41, 5.74) is 7.33. The summed E-state index contributed by atoms with van der Waals surface area (Å²) < 4.78 is 5.26. The molecule has 1 saturated carbocycles. The normalized spacial score (nSPS) is 18.3. The molecule has 18 heavy (non-hydrogen) atoms. The van der Waals surface area contributed by atoms with E-state index in [0.717, 1.165) is 42.6 Å². The molecule has 1 aromatic rings. The van der Waals surface area contributed by atoms with Crippen LogP contribution in [0.25, 0.3) is 0 Å². The second-order valence-corrected chi connectivity index (χ2v) is 5.19. The lowest BCUT2D eigenvalue weighted by atomic mass is 9.68. The minimum absolute atomic E-state index is 0.188. The molecule has 0 radical (unpaired) electrons. The average Bonchev–Trinajstić information content (AvgIpc) is 2.39. The first-order chi connectivity index (χ1) is 8.60. The van der Waals surface area contributed by atoms with Crippen molar-refractivity contribution in [3.63, 3.8) is 0 Å². The van der Waals surface area contributed by atoms with Gasteiger partial charge in [-0.1, -0.05) is 31.4 Å². The largest absolute Gasteiger partial charge is 0.496 e. The van der Waals surface area contributed by atoms with Crippen LogP contribution in [-0.4, -0.2) is 13.0 Å². The Morgan fingerprint density at radius 3 is 2.44 bits per heavy atom. The van der Waals surface area contributed by atoms with Crippen LogP contribution in [0.4, 0.5) is 0 Å². The van der Waals surface area contributed by atoms with Crippen molar-refractivity contribution in [1.29, 1.82) is 0 Å². The molecule has 2 N–H and O–H groups in total. The van der Waals surface area contributed by atoms with Gasteiger partial charge < -0.3 is 10.5 Å². The van der Waals surface area contributed by atoms with E-state index in [1.807, 2.05) is 19.1 Å². The van der Waals surface area contributed by atoms with E-state index in [-0.39, 0.29) is 5.91 Å².